The minimum atomic E-state index is -4.98. The SMILES string of the molecule is O=C(Nc1ccc([N+](=O)[O-])c(C(F)(F)F)c1)C1CSC(c2ccc(OCCCCCC(=O)N3CCN(C(=O)c4cc(Cc5n[nH]c(=O)c6ccccc56)ccc4F)CC3)cc2)=N1. The Morgan fingerprint density at radius 1 is 0.919 bits per heavy atom. The monoisotopic (exact) mass is 873 g/mol. The van der Waals surface area contributed by atoms with Gasteiger partial charge in [-0.3, -0.25) is 34.3 Å². The Morgan fingerprint density at radius 2 is 1.65 bits per heavy atom. The fourth-order valence-corrected chi connectivity index (χ4v) is 8.21. The second kappa shape index (κ2) is 19.0. The van der Waals surface area contributed by atoms with Crippen molar-refractivity contribution in [1.82, 2.24) is 20.0 Å². The number of aliphatic imine (C=N–C) groups is 1. The third kappa shape index (κ3) is 10.3. The summed E-state index contributed by atoms with van der Waals surface area (Å²) in [7, 11) is 0. The Balaban J connectivity index is 0.808. The number of amides is 3. The summed E-state index contributed by atoms with van der Waals surface area (Å²) < 4.78 is 60.8. The molecule has 0 radical (unpaired) electrons. The van der Waals surface area contributed by atoms with Crippen molar-refractivity contribution in [2.45, 2.75) is 44.3 Å². The third-order valence-corrected chi connectivity index (χ3v) is 11.5. The lowest BCUT2D eigenvalue weighted by atomic mass is 10.0. The number of rotatable bonds is 14. The highest BCUT2D eigenvalue weighted by Gasteiger charge is 2.39. The predicted molar refractivity (Wildman–Crippen MR) is 224 cm³/mol. The molecule has 0 spiro atoms. The molecule has 2 aliphatic heterocycles. The topological polar surface area (TPSA) is 180 Å². The van der Waals surface area contributed by atoms with E-state index >= 15 is 0 Å². The molecule has 0 bridgehead atoms. The normalized spacial score (nSPS) is 15.4. The van der Waals surface area contributed by atoms with Gasteiger partial charge in [-0.1, -0.05) is 24.3 Å². The van der Waals surface area contributed by atoms with Crippen molar-refractivity contribution in [3.8, 4) is 5.75 Å². The molecule has 1 saturated heterocycles. The van der Waals surface area contributed by atoms with Crippen LogP contribution in [0.3, 0.4) is 0 Å². The molecule has 0 saturated carbocycles. The number of aromatic amines is 1. The second-order valence-electron chi connectivity index (χ2n) is 14.6. The minimum Gasteiger partial charge on any atom is -0.494 e. The summed E-state index contributed by atoms with van der Waals surface area (Å²) >= 11 is 1.31. The van der Waals surface area contributed by atoms with Gasteiger partial charge in [-0.2, -0.15) is 18.3 Å². The maximum Gasteiger partial charge on any atom is 0.423 e. The molecule has 5 aromatic rings. The molecular formula is C43H39F4N7O7S. The number of fused-ring (bicyclic) bond motifs is 1. The van der Waals surface area contributed by atoms with Gasteiger partial charge in [0.1, 0.15) is 23.2 Å². The molecule has 0 aliphatic carbocycles. The molecule has 1 aromatic heterocycles. The largest absolute Gasteiger partial charge is 0.494 e. The van der Waals surface area contributed by atoms with Crippen LogP contribution < -0.4 is 15.6 Å². The summed E-state index contributed by atoms with van der Waals surface area (Å²) in [4.78, 5) is 68.9. The van der Waals surface area contributed by atoms with Gasteiger partial charge >= 0.3 is 6.18 Å². The number of aromatic nitrogens is 2. The van der Waals surface area contributed by atoms with Gasteiger partial charge in [-0.15, -0.1) is 11.8 Å². The Kier molecular flexibility index (Phi) is 13.3. The molecule has 1 atom stereocenters. The lowest BCUT2D eigenvalue weighted by Crippen LogP contribution is -2.50. The Hall–Kier alpha value is -6.63. The number of ether oxygens (including phenoxy) is 1. The van der Waals surface area contributed by atoms with Gasteiger partial charge in [0.25, 0.3) is 17.2 Å². The van der Waals surface area contributed by atoms with E-state index in [0.29, 0.717) is 83.9 Å². The van der Waals surface area contributed by atoms with Crippen LogP contribution in [0.15, 0.2) is 94.7 Å². The van der Waals surface area contributed by atoms with Crippen molar-refractivity contribution in [3.05, 3.63) is 139 Å². The molecule has 2 aliphatic rings. The Morgan fingerprint density at radius 3 is 2.37 bits per heavy atom. The summed E-state index contributed by atoms with van der Waals surface area (Å²) in [5.74, 6) is -0.889. The zero-order valence-electron chi connectivity index (χ0n) is 33.0. The van der Waals surface area contributed by atoms with E-state index in [0.717, 1.165) is 18.1 Å². The van der Waals surface area contributed by atoms with Crippen molar-refractivity contribution in [1.29, 1.82) is 0 Å². The predicted octanol–water partition coefficient (Wildman–Crippen LogP) is 7.00. The molecule has 3 amide bonds. The Bertz CT molecular complexity index is 2600. The molecule has 4 aromatic carbocycles. The highest BCUT2D eigenvalue weighted by atomic mass is 32.2. The number of nitrogens with zero attached hydrogens (tertiary/aromatic N) is 5. The maximum absolute atomic E-state index is 14.9. The number of H-pyrrole nitrogens is 1. The van der Waals surface area contributed by atoms with Crippen molar-refractivity contribution >= 4 is 56.7 Å². The molecule has 14 nitrogen and oxygen atoms in total. The number of anilines is 1. The number of nitrogens with one attached hydrogen (secondary N) is 2. The second-order valence-corrected chi connectivity index (χ2v) is 15.6. The summed E-state index contributed by atoms with van der Waals surface area (Å²) in [6.45, 7) is 1.64. The zero-order valence-corrected chi connectivity index (χ0v) is 33.8. The standard InChI is InChI=1S/C43H39F4N7O7S/c44-34-15-9-26(23-35-30-6-3-4-7-31(30)39(56)51-50-35)22-32(34)42(58)53-19-17-52(18-20-53)38(55)8-2-1-5-21-61-29-13-10-27(11-14-29)41-49-36(25-62-41)40(57)48-28-12-16-37(54(59)60)33(24-28)43(45,46)47/h3-4,6-7,9-16,22,24,36H,1-2,5,8,17-21,23,25H2,(H,48,57)(H,51,56). The van der Waals surface area contributed by atoms with Crippen molar-refractivity contribution in [2.24, 2.45) is 4.99 Å². The molecule has 7 rings (SSSR count). The van der Waals surface area contributed by atoms with E-state index in [1.54, 1.807) is 64.4 Å². The van der Waals surface area contributed by atoms with Crippen LogP contribution in [0.2, 0.25) is 0 Å². The van der Waals surface area contributed by atoms with Crippen LogP contribution >= 0.6 is 11.8 Å². The number of thioether (sulfide) groups is 1. The fraction of sp³-hybridized carbons (Fsp3) is 0.302. The van der Waals surface area contributed by atoms with E-state index in [2.05, 4.69) is 20.5 Å². The number of carbonyl (C=O) groups is 3. The molecule has 2 N–H and O–H groups in total. The molecule has 62 heavy (non-hydrogen) atoms. The van der Waals surface area contributed by atoms with E-state index < -0.39 is 46.0 Å². The number of carbonyl (C=O) groups excluding carboxylic acids is 3. The highest BCUT2D eigenvalue weighted by Crippen LogP contribution is 2.38. The number of hydrogen-bond acceptors (Lipinski definition) is 10. The number of nitro benzene ring substituents is 1. The number of piperazine rings is 1. The lowest BCUT2D eigenvalue weighted by molar-refractivity contribution is -0.388. The highest BCUT2D eigenvalue weighted by molar-refractivity contribution is 8.14. The number of hydrogen-bond donors (Lipinski definition) is 2. The van der Waals surface area contributed by atoms with Crippen molar-refractivity contribution in [3.63, 3.8) is 0 Å². The first kappa shape index (κ1) is 43.5. The smallest absolute Gasteiger partial charge is 0.423 e. The summed E-state index contributed by atoms with van der Waals surface area (Å²) in [5, 5.41) is 21.8. The van der Waals surface area contributed by atoms with E-state index in [1.807, 2.05) is 0 Å². The minimum absolute atomic E-state index is 0.0169. The number of unbranched alkanes of at least 4 members (excludes halogenated alkanes) is 2. The van der Waals surface area contributed by atoms with Crippen LogP contribution in [0, 0.1) is 15.9 Å². The van der Waals surface area contributed by atoms with Crippen LogP contribution in [0.4, 0.5) is 28.9 Å². The van der Waals surface area contributed by atoms with Crippen LogP contribution in [-0.2, 0) is 22.2 Å². The summed E-state index contributed by atoms with van der Waals surface area (Å²) in [6.07, 6.45) is -2.26. The number of alkyl halides is 3. The molecule has 1 unspecified atom stereocenters. The van der Waals surface area contributed by atoms with Crippen molar-refractivity contribution < 1.29 is 41.6 Å². The number of benzene rings is 4. The van der Waals surface area contributed by atoms with E-state index in [4.69, 9.17) is 4.74 Å². The van der Waals surface area contributed by atoms with Gasteiger partial charge in [-0.25, -0.2) is 9.49 Å². The van der Waals surface area contributed by atoms with Gasteiger partial charge in [-0.05, 0) is 79.4 Å². The molecule has 3 heterocycles. The maximum atomic E-state index is 14.9. The van der Waals surface area contributed by atoms with E-state index in [9.17, 15) is 46.9 Å². The fourth-order valence-electron chi connectivity index (χ4n) is 7.16. The van der Waals surface area contributed by atoms with E-state index in [1.165, 1.54) is 23.9 Å². The van der Waals surface area contributed by atoms with Crippen LogP contribution in [0.5, 0.6) is 5.75 Å². The first-order valence-corrected chi connectivity index (χ1v) is 20.7. The van der Waals surface area contributed by atoms with E-state index in [-0.39, 0.29) is 48.0 Å². The average molecular weight is 874 g/mol. The number of halogens is 4. The molecule has 1 fully saturated rings. The molecule has 19 heteroatoms. The summed E-state index contributed by atoms with van der Waals surface area (Å²) in [5.41, 5.74) is -1.18. The lowest BCUT2D eigenvalue weighted by Gasteiger charge is -2.35. The van der Waals surface area contributed by atoms with Gasteiger partial charge in [0.2, 0.25) is 11.8 Å². The van der Waals surface area contributed by atoms with Crippen LogP contribution in [-0.4, -0.2) is 92.3 Å². The van der Waals surface area contributed by atoms with Gasteiger partial charge < -0.3 is 19.9 Å². The summed E-state index contributed by atoms with van der Waals surface area (Å²) in [6, 6.07) is 19.9. The van der Waals surface area contributed by atoms with Gasteiger partial charge in [0, 0.05) is 67.5 Å². The first-order chi connectivity index (χ1) is 29.7. The number of nitro groups is 1. The van der Waals surface area contributed by atoms with Crippen LogP contribution in [0.25, 0.3) is 10.8 Å². The quantitative estimate of drug-likeness (QED) is 0.0514. The molecule has 322 valence electrons. The Labute approximate surface area is 355 Å². The van der Waals surface area contributed by atoms with Gasteiger partial charge in [0.05, 0.1) is 33.2 Å². The third-order valence-electron chi connectivity index (χ3n) is 10.5. The zero-order chi connectivity index (χ0) is 44.0. The molecular weight excluding hydrogens is 835 g/mol. The average Bonchev–Trinajstić information content (AvgIpc) is 3.77. The van der Waals surface area contributed by atoms with Crippen molar-refractivity contribution in [2.75, 3.05) is 43.9 Å². The first-order valence-electron chi connectivity index (χ1n) is 19.7. The van der Waals surface area contributed by atoms with Gasteiger partial charge in [0.15, 0.2) is 0 Å². The van der Waals surface area contributed by atoms with Crippen LogP contribution in [0.1, 0.15) is 58.4 Å².